The number of rotatable bonds is 4. The summed E-state index contributed by atoms with van der Waals surface area (Å²) in [7, 11) is 0. The van der Waals surface area contributed by atoms with E-state index < -0.39 is 0 Å². The molecule has 0 saturated carbocycles. The molecule has 40 heavy (non-hydrogen) atoms. The molecule has 6 nitrogen and oxygen atoms in total. The number of aromatic nitrogens is 5. The van der Waals surface area contributed by atoms with Crippen molar-refractivity contribution in [1.82, 2.24) is 24.1 Å². The topological polar surface area (TPSA) is 57.8 Å². The minimum Gasteiger partial charge on any atom is -0.424 e. The summed E-state index contributed by atoms with van der Waals surface area (Å²) in [5.74, 6) is 1.65. The molecule has 190 valence electrons. The van der Waals surface area contributed by atoms with E-state index in [1.165, 1.54) is 0 Å². The predicted molar refractivity (Wildman–Crippen MR) is 168 cm³/mol. The van der Waals surface area contributed by atoms with Crippen LogP contribution in [-0.2, 0) is 0 Å². The summed E-state index contributed by atoms with van der Waals surface area (Å²) in [6.45, 7) is 0. The van der Waals surface area contributed by atoms with E-state index in [4.69, 9.17) is 19.7 Å². The van der Waals surface area contributed by atoms with Crippen molar-refractivity contribution in [2.24, 2.45) is 0 Å². The van der Waals surface area contributed by atoms with Gasteiger partial charge in [-0.25, -0.2) is 0 Å². The molecule has 5 aromatic carbocycles. The van der Waals surface area contributed by atoms with Crippen molar-refractivity contribution in [1.29, 1.82) is 0 Å². The first-order chi connectivity index (χ1) is 19.7. The standard InChI is InChI=1S/C33H20IN5O/c34-21-10-9-11-22(20-21)40-33-36-31(38-27-16-5-1-12-23(27)24-13-2-6-17-28(24)38)35-32(37-33)39-29-18-7-3-14-25(29)26-15-4-8-19-30(26)39/h1-20H. The molecule has 8 aromatic rings. The zero-order chi connectivity index (χ0) is 26.6. The van der Waals surface area contributed by atoms with Gasteiger partial charge in [0.05, 0.1) is 22.1 Å². The van der Waals surface area contributed by atoms with E-state index in [0.29, 0.717) is 17.6 Å². The first kappa shape index (κ1) is 23.2. The molecule has 0 fully saturated rings. The molecule has 3 aromatic heterocycles. The number of fused-ring (bicyclic) bond motifs is 6. The second-order valence-electron chi connectivity index (χ2n) is 9.52. The fourth-order valence-electron chi connectivity index (χ4n) is 5.49. The Hall–Kier alpha value is -4.76. The van der Waals surface area contributed by atoms with Crippen LogP contribution in [0.5, 0.6) is 11.8 Å². The Morgan fingerprint density at radius 2 is 0.900 bits per heavy atom. The number of halogens is 1. The highest BCUT2D eigenvalue weighted by atomic mass is 127. The zero-order valence-electron chi connectivity index (χ0n) is 21.1. The summed E-state index contributed by atoms with van der Waals surface area (Å²) < 4.78 is 11.5. The molecule has 0 unspecified atom stereocenters. The Kier molecular flexibility index (Phi) is 5.31. The van der Waals surface area contributed by atoms with Crippen LogP contribution >= 0.6 is 22.6 Å². The largest absolute Gasteiger partial charge is 0.424 e. The molecule has 0 saturated heterocycles. The highest BCUT2D eigenvalue weighted by Crippen LogP contribution is 2.34. The lowest BCUT2D eigenvalue weighted by Crippen LogP contribution is -2.10. The Balaban J connectivity index is 1.45. The van der Waals surface area contributed by atoms with Crippen LogP contribution in [0.3, 0.4) is 0 Å². The zero-order valence-corrected chi connectivity index (χ0v) is 23.2. The molecule has 0 aliphatic rings. The highest BCUT2D eigenvalue weighted by Gasteiger charge is 2.20. The Bertz CT molecular complexity index is 1990. The molecular weight excluding hydrogens is 609 g/mol. The monoisotopic (exact) mass is 629 g/mol. The van der Waals surface area contributed by atoms with E-state index in [1.54, 1.807) is 0 Å². The smallest absolute Gasteiger partial charge is 0.328 e. The van der Waals surface area contributed by atoms with E-state index >= 15 is 0 Å². The summed E-state index contributed by atoms with van der Waals surface area (Å²) in [6.07, 6.45) is 0. The van der Waals surface area contributed by atoms with Gasteiger partial charge in [-0.1, -0.05) is 78.9 Å². The number of hydrogen-bond acceptors (Lipinski definition) is 4. The van der Waals surface area contributed by atoms with Crippen molar-refractivity contribution in [2.75, 3.05) is 0 Å². The molecule has 0 radical (unpaired) electrons. The molecule has 0 aliphatic heterocycles. The van der Waals surface area contributed by atoms with Gasteiger partial charge in [-0.15, -0.1) is 0 Å². The molecule has 0 amide bonds. The van der Waals surface area contributed by atoms with E-state index in [2.05, 4.69) is 105 Å². The van der Waals surface area contributed by atoms with E-state index in [-0.39, 0.29) is 6.01 Å². The minimum atomic E-state index is 0.228. The summed E-state index contributed by atoms with van der Waals surface area (Å²) in [6, 6.07) is 41.4. The molecule has 0 bridgehead atoms. The normalized spacial score (nSPS) is 11.6. The van der Waals surface area contributed by atoms with Gasteiger partial charge < -0.3 is 4.74 Å². The SMILES string of the molecule is Ic1cccc(Oc2nc(-n3c4ccccc4c4ccccc43)nc(-n3c4ccccc4c4ccccc43)n2)c1. The quantitative estimate of drug-likeness (QED) is 0.183. The minimum absolute atomic E-state index is 0.228. The van der Waals surface area contributed by atoms with E-state index in [9.17, 15) is 0 Å². The third-order valence-electron chi connectivity index (χ3n) is 7.16. The van der Waals surface area contributed by atoms with Crippen molar-refractivity contribution in [3.05, 3.63) is 125 Å². The molecule has 0 N–H and O–H groups in total. The summed E-state index contributed by atoms with van der Waals surface area (Å²) in [5.41, 5.74) is 4.07. The Labute approximate surface area is 242 Å². The fraction of sp³-hybridized carbons (Fsp3) is 0. The van der Waals surface area contributed by atoms with Crippen molar-refractivity contribution in [3.8, 4) is 23.7 Å². The maximum atomic E-state index is 6.29. The van der Waals surface area contributed by atoms with Crippen LogP contribution in [0.1, 0.15) is 0 Å². The molecule has 8 rings (SSSR count). The van der Waals surface area contributed by atoms with Crippen LogP contribution in [0.15, 0.2) is 121 Å². The van der Waals surface area contributed by atoms with Gasteiger partial charge in [0.25, 0.3) is 0 Å². The lowest BCUT2D eigenvalue weighted by molar-refractivity contribution is 0.437. The van der Waals surface area contributed by atoms with Crippen molar-refractivity contribution in [3.63, 3.8) is 0 Å². The third-order valence-corrected chi connectivity index (χ3v) is 7.83. The molecule has 7 heteroatoms. The van der Waals surface area contributed by atoms with Gasteiger partial charge in [0.2, 0.25) is 11.9 Å². The van der Waals surface area contributed by atoms with Crippen molar-refractivity contribution < 1.29 is 4.74 Å². The average molecular weight is 629 g/mol. The van der Waals surface area contributed by atoms with Crippen LogP contribution in [0.4, 0.5) is 0 Å². The lowest BCUT2D eigenvalue weighted by Gasteiger charge is -2.12. The third kappa shape index (κ3) is 3.65. The van der Waals surface area contributed by atoms with Gasteiger partial charge in [-0.3, -0.25) is 9.13 Å². The fourth-order valence-corrected chi connectivity index (χ4v) is 6.01. The Morgan fingerprint density at radius 3 is 1.32 bits per heavy atom. The first-order valence-electron chi connectivity index (χ1n) is 12.9. The van der Waals surface area contributed by atoms with Gasteiger partial charge >= 0.3 is 6.01 Å². The Morgan fingerprint density at radius 1 is 0.475 bits per heavy atom. The lowest BCUT2D eigenvalue weighted by atomic mass is 10.2. The number of benzene rings is 5. The maximum Gasteiger partial charge on any atom is 0.328 e. The van der Waals surface area contributed by atoms with Crippen LogP contribution < -0.4 is 4.74 Å². The predicted octanol–water partition coefficient (Wildman–Crippen LogP) is 8.46. The van der Waals surface area contributed by atoms with Gasteiger partial charge in [0.1, 0.15) is 5.75 Å². The summed E-state index contributed by atoms with van der Waals surface area (Å²) >= 11 is 2.27. The van der Waals surface area contributed by atoms with Gasteiger partial charge in [0, 0.05) is 25.1 Å². The van der Waals surface area contributed by atoms with E-state index in [1.807, 2.05) is 48.5 Å². The first-order valence-corrected chi connectivity index (χ1v) is 14.0. The molecule has 0 spiro atoms. The number of nitrogens with zero attached hydrogens (tertiary/aromatic N) is 5. The molecule has 0 atom stereocenters. The van der Waals surface area contributed by atoms with Crippen molar-refractivity contribution >= 4 is 66.2 Å². The second-order valence-corrected chi connectivity index (χ2v) is 10.8. The average Bonchev–Trinajstić information content (AvgIpc) is 3.50. The number of hydrogen-bond donors (Lipinski definition) is 0. The van der Waals surface area contributed by atoms with Crippen LogP contribution in [0.25, 0.3) is 55.5 Å². The van der Waals surface area contributed by atoms with Gasteiger partial charge in [-0.05, 0) is 65.1 Å². The van der Waals surface area contributed by atoms with E-state index in [0.717, 1.165) is 47.2 Å². The molecule has 3 heterocycles. The second kappa shape index (κ2) is 9.17. The van der Waals surface area contributed by atoms with Crippen molar-refractivity contribution in [2.45, 2.75) is 0 Å². The number of para-hydroxylation sites is 4. The van der Waals surface area contributed by atoms with Gasteiger partial charge in [-0.2, -0.15) is 15.0 Å². The maximum absolute atomic E-state index is 6.29. The molecule has 0 aliphatic carbocycles. The van der Waals surface area contributed by atoms with Crippen LogP contribution in [-0.4, -0.2) is 24.1 Å². The highest BCUT2D eigenvalue weighted by molar-refractivity contribution is 14.1. The number of ether oxygens (including phenoxy) is 1. The summed E-state index contributed by atoms with van der Waals surface area (Å²) in [4.78, 5) is 14.8. The summed E-state index contributed by atoms with van der Waals surface area (Å²) in [5, 5.41) is 4.54. The van der Waals surface area contributed by atoms with Gasteiger partial charge in [0.15, 0.2) is 0 Å². The molecular formula is C33H20IN5O. The van der Waals surface area contributed by atoms with Crippen LogP contribution in [0, 0.1) is 3.57 Å². The van der Waals surface area contributed by atoms with Crippen LogP contribution in [0.2, 0.25) is 0 Å².